The Balaban J connectivity index is 1.78. The van der Waals surface area contributed by atoms with Gasteiger partial charge in [-0.1, -0.05) is 36.4 Å². The Morgan fingerprint density at radius 2 is 1.84 bits per heavy atom. The SMILES string of the molecule is C=CCN(CCC(=O)N1CCN(Cc2ccccc2)CC1)S(C)(=O)=O. The molecular formula is C18H27N3O3S. The molecule has 1 aromatic rings. The average molecular weight is 365 g/mol. The monoisotopic (exact) mass is 365 g/mol. The van der Waals surface area contributed by atoms with E-state index < -0.39 is 10.0 Å². The number of nitrogens with zero attached hydrogens (tertiary/aromatic N) is 3. The first-order valence-corrected chi connectivity index (χ1v) is 10.3. The summed E-state index contributed by atoms with van der Waals surface area (Å²) in [5.74, 6) is 0.0112. The van der Waals surface area contributed by atoms with E-state index in [2.05, 4.69) is 23.6 Å². The van der Waals surface area contributed by atoms with Crippen LogP contribution in [0.3, 0.4) is 0 Å². The van der Waals surface area contributed by atoms with E-state index in [1.165, 1.54) is 15.9 Å². The van der Waals surface area contributed by atoms with Crippen LogP contribution < -0.4 is 0 Å². The van der Waals surface area contributed by atoms with Gasteiger partial charge in [-0.25, -0.2) is 8.42 Å². The van der Waals surface area contributed by atoms with E-state index in [9.17, 15) is 13.2 Å². The van der Waals surface area contributed by atoms with E-state index in [-0.39, 0.29) is 25.4 Å². The molecule has 0 radical (unpaired) electrons. The largest absolute Gasteiger partial charge is 0.340 e. The molecule has 0 saturated carbocycles. The van der Waals surface area contributed by atoms with E-state index in [0.29, 0.717) is 13.1 Å². The standard InChI is InChI=1S/C18H27N3O3S/c1-3-10-21(25(2,23)24)11-9-18(22)20-14-12-19(13-15-20)16-17-7-5-4-6-8-17/h3-8H,1,9-16H2,2H3. The molecule has 2 rings (SSSR count). The summed E-state index contributed by atoms with van der Waals surface area (Å²) >= 11 is 0. The fraction of sp³-hybridized carbons (Fsp3) is 0.500. The van der Waals surface area contributed by atoms with Crippen LogP contribution in [0.4, 0.5) is 0 Å². The summed E-state index contributed by atoms with van der Waals surface area (Å²) in [6, 6.07) is 10.3. The first-order valence-electron chi connectivity index (χ1n) is 8.50. The summed E-state index contributed by atoms with van der Waals surface area (Å²) in [6.45, 7) is 7.94. The van der Waals surface area contributed by atoms with Crippen molar-refractivity contribution >= 4 is 15.9 Å². The van der Waals surface area contributed by atoms with Gasteiger partial charge in [-0.3, -0.25) is 9.69 Å². The third-order valence-corrected chi connectivity index (χ3v) is 5.62. The van der Waals surface area contributed by atoms with E-state index in [1.54, 1.807) is 0 Å². The van der Waals surface area contributed by atoms with Gasteiger partial charge in [-0.15, -0.1) is 6.58 Å². The normalized spacial score (nSPS) is 16.2. The van der Waals surface area contributed by atoms with Crippen LogP contribution in [0.2, 0.25) is 0 Å². The number of carbonyl (C=O) groups excluding carboxylic acids is 1. The molecule has 0 unspecified atom stereocenters. The van der Waals surface area contributed by atoms with E-state index in [4.69, 9.17) is 0 Å². The fourth-order valence-electron chi connectivity index (χ4n) is 2.91. The molecule has 0 atom stereocenters. The molecule has 138 valence electrons. The molecule has 0 N–H and O–H groups in total. The molecule has 1 heterocycles. The predicted octanol–water partition coefficient (Wildman–Crippen LogP) is 1.17. The average Bonchev–Trinajstić information content (AvgIpc) is 2.59. The first-order chi connectivity index (χ1) is 11.9. The van der Waals surface area contributed by atoms with E-state index in [0.717, 1.165) is 25.9 Å². The third kappa shape index (κ3) is 6.26. The van der Waals surface area contributed by atoms with Crippen LogP contribution in [-0.2, 0) is 21.4 Å². The van der Waals surface area contributed by atoms with Gasteiger partial charge in [0.1, 0.15) is 0 Å². The number of carbonyl (C=O) groups is 1. The Morgan fingerprint density at radius 3 is 2.40 bits per heavy atom. The lowest BCUT2D eigenvalue weighted by Gasteiger charge is -2.35. The van der Waals surface area contributed by atoms with E-state index in [1.807, 2.05) is 23.1 Å². The number of piperazine rings is 1. The molecule has 0 aliphatic carbocycles. The maximum absolute atomic E-state index is 12.4. The van der Waals surface area contributed by atoms with Crippen molar-refractivity contribution < 1.29 is 13.2 Å². The zero-order valence-electron chi connectivity index (χ0n) is 14.8. The smallest absolute Gasteiger partial charge is 0.223 e. The minimum atomic E-state index is -3.31. The molecule has 1 amide bonds. The molecule has 6 nitrogen and oxygen atoms in total. The second-order valence-electron chi connectivity index (χ2n) is 6.30. The lowest BCUT2D eigenvalue weighted by atomic mass is 10.2. The number of hydrogen-bond acceptors (Lipinski definition) is 4. The van der Waals surface area contributed by atoms with Crippen molar-refractivity contribution in [2.75, 3.05) is 45.5 Å². The highest BCUT2D eigenvalue weighted by Gasteiger charge is 2.23. The Kier molecular flexibility index (Phi) is 7.16. The minimum absolute atomic E-state index is 0.0112. The van der Waals surface area contributed by atoms with Crippen LogP contribution in [0.1, 0.15) is 12.0 Å². The molecule has 1 saturated heterocycles. The molecule has 0 spiro atoms. The van der Waals surface area contributed by atoms with Gasteiger partial charge in [0.05, 0.1) is 6.26 Å². The number of hydrogen-bond donors (Lipinski definition) is 0. The van der Waals surface area contributed by atoms with Gasteiger partial charge in [0.2, 0.25) is 15.9 Å². The summed E-state index contributed by atoms with van der Waals surface area (Å²) in [4.78, 5) is 16.5. The van der Waals surface area contributed by atoms with Gasteiger partial charge in [0.25, 0.3) is 0 Å². The summed E-state index contributed by atoms with van der Waals surface area (Å²) in [6.07, 6.45) is 2.90. The Labute approximate surface area is 150 Å². The van der Waals surface area contributed by atoms with Crippen molar-refractivity contribution in [3.8, 4) is 0 Å². The number of benzene rings is 1. The van der Waals surface area contributed by atoms with Crippen LogP contribution >= 0.6 is 0 Å². The molecule has 7 heteroatoms. The van der Waals surface area contributed by atoms with Crippen LogP contribution in [0, 0.1) is 0 Å². The number of rotatable bonds is 8. The quantitative estimate of drug-likeness (QED) is 0.649. The van der Waals surface area contributed by atoms with Gasteiger partial charge in [-0.2, -0.15) is 4.31 Å². The van der Waals surface area contributed by atoms with Gasteiger partial charge in [-0.05, 0) is 5.56 Å². The minimum Gasteiger partial charge on any atom is -0.340 e. The molecule has 0 aromatic heterocycles. The highest BCUT2D eigenvalue weighted by Crippen LogP contribution is 2.10. The van der Waals surface area contributed by atoms with Gasteiger partial charge in [0.15, 0.2) is 0 Å². The highest BCUT2D eigenvalue weighted by atomic mass is 32.2. The molecule has 0 bridgehead atoms. The lowest BCUT2D eigenvalue weighted by molar-refractivity contribution is -0.133. The van der Waals surface area contributed by atoms with Crippen molar-refractivity contribution in [1.29, 1.82) is 0 Å². The second kappa shape index (κ2) is 9.12. The molecular weight excluding hydrogens is 338 g/mol. The summed E-state index contributed by atoms with van der Waals surface area (Å²) in [5.41, 5.74) is 1.27. The maximum atomic E-state index is 12.4. The van der Waals surface area contributed by atoms with Crippen molar-refractivity contribution in [3.05, 3.63) is 48.6 Å². The molecule has 25 heavy (non-hydrogen) atoms. The highest BCUT2D eigenvalue weighted by molar-refractivity contribution is 7.88. The van der Waals surface area contributed by atoms with E-state index >= 15 is 0 Å². The van der Waals surface area contributed by atoms with Crippen LogP contribution in [0.5, 0.6) is 0 Å². The van der Waals surface area contributed by atoms with Gasteiger partial charge < -0.3 is 4.90 Å². The predicted molar refractivity (Wildman–Crippen MR) is 99.5 cm³/mol. The molecule has 1 aliphatic heterocycles. The Hall–Kier alpha value is -1.70. The van der Waals surface area contributed by atoms with Crippen LogP contribution in [0.25, 0.3) is 0 Å². The molecule has 1 fully saturated rings. The topological polar surface area (TPSA) is 60.9 Å². The van der Waals surface area contributed by atoms with Crippen LogP contribution in [0.15, 0.2) is 43.0 Å². The third-order valence-electron chi connectivity index (χ3n) is 4.35. The Bertz CT molecular complexity index is 668. The summed E-state index contributed by atoms with van der Waals surface area (Å²) < 4.78 is 24.6. The van der Waals surface area contributed by atoms with Crippen molar-refractivity contribution in [2.24, 2.45) is 0 Å². The maximum Gasteiger partial charge on any atom is 0.223 e. The van der Waals surface area contributed by atoms with Gasteiger partial charge >= 0.3 is 0 Å². The second-order valence-corrected chi connectivity index (χ2v) is 8.28. The molecule has 1 aromatic carbocycles. The zero-order chi connectivity index (χ0) is 18.3. The molecule has 1 aliphatic rings. The summed E-state index contributed by atoms with van der Waals surface area (Å²) in [5, 5.41) is 0. The fourth-order valence-corrected chi connectivity index (χ4v) is 3.71. The first kappa shape index (κ1) is 19.6. The van der Waals surface area contributed by atoms with Crippen LogP contribution in [-0.4, -0.2) is 74.0 Å². The van der Waals surface area contributed by atoms with Crippen molar-refractivity contribution in [1.82, 2.24) is 14.1 Å². The zero-order valence-corrected chi connectivity index (χ0v) is 15.6. The van der Waals surface area contributed by atoms with Crippen molar-refractivity contribution in [3.63, 3.8) is 0 Å². The summed E-state index contributed by atoms with van der Waals surface area (Å²) in [7, 11) is -3.31. The van der Waals surface area contributed by atoms with Crippen molar-refractivity contribution in [2.45, 2.75) is 13.0 Å². The number of amides is 1. The van der Waals surface area contributed by atoms with Gasteiger partial charge in [0, 0.05) is 52.2 Å². The number of sulfonamides is 1. The Morgan fingerprint density at radius 1 is 1.20 bits per heavy atom. The lowest BCUT2D eigenvalue weighted by Crippen LogP contribution is -2.49.